The molecule has 1 aliphatic carbocycles. The second-order valence-electron chi connectivity index (χ2n) is 6.68. The topological polar surface area (TPSA) is 73.9 Å². The maximum atomic E-state index is 12.2. The third-order valence-corrected chi connectivity index (χ3v) is 4.77. The Bertz CT molecular complexity index is 616. The van der Waals surface area contributed by atoms with Crippen molar-refractivity contribution in [3.63, 3.8) is 0 Å². The molecule has 26 heavy (non-hydrogen) atoms. The molecule has 0 bridgehead atoms. The first kappa shape index (κ1) is 20.2. The van der Waals surface area contributed by atoms with Gasteiger partial charge in [0, 0.05) is 18.2 Å². The van der Waals surface area contributed by atoms with Crippen molar-refractivity contribution < 1.29 is 23.8 Å². The lowest BCUT2D eigenvalue weighted by Crippen LogP contribution is -2.42. The van der Waals surface area contributed by atoms with Crippen molar-refractivity contribution in [2.75, 3.05) is 20.3 Å². The Hall–Kier alpha value is -2.08. The van der Waals surface area contributed by atoms with Gasteiger partial charge in [0.15, 0.2) is 6.61 Å². The summed E-state index contributed by atoms with van der Waals surface area (Å²) >= 11 is 0. The highest BCUT2D eigenvalue weighted by Gasteiger charge is 2.23. The highest BCUT2D eigenvalue weighted by Crippen LogP contribution is 2.24. The van der Waals surface area contributed by atoms with Gasteiger partial charge in [-0.3, -0.25) is 4.79 Å². The van der Waals surface area contributed by atoms with E-state index in [0.717, 1.165) is 24.8 Å². The fraction of sp³-hybridized carbons (Fsp3) is 0.600. The molecule has 6 heteroatoms. The lowest BCUT2D eigenvalue weighted by atomic mass is 9.86. The van der Waals surface area contributed by atoms with Crippen LogP contribution in [-0.4, -0.2) is 38.2 Å². The van der Waals surface area contributed by atoms with E-state index in [0.29, 0.717) is 30.4 Å². The summed E-state index contributed by atoms with van der Waals surface area (Å²) in [6, 6.07) is 5.18. The smallest absolute Gasteiger partial charge is 0.338 e. The molecule has 0 unspecified atom stereocenters. The molecule has 1 aromatic carbocycles. The molecule has 1 saturated carbocycles. The molecule has 1 aromatic rings. The minimum atomic E-state index is -0.530. The third kappa shape index (κ3) is 5.73. The monoisotopic (exact) mass is 363 g/mol. The van der Waals surface area contributed by atoms with Crippen molar-refractivity contribution in [1.82, 2.24) is 5.32 Å². The van der Waals surface area contributed by atoms with Crippen LogP contribution in [0.15, 0.2) is 18.2 Å². The standard InChI is InChI=1S/C20H29NO5/c1-4-25-12-16-11-15(9-10-18(16)24-3)20(23)26-13-19(22)21-17-8-6-5-7-14(17)2/h9-11,14,17H,4-8,12-13H2,1-3H3,(H,21,22)/t14-,17-/m0/s1. The normalized spacial score (nSPS) is 19.7. The second-order valence-corrected chi connectivity index (χ2v) is 6.68. The predicted octanol–water partition coefficient (Wildman–Crippen LogP) is 3.08. The molecular formula is C20H29NO5. The summed E-state index contributed by atoms with van der Waals surface area (Å²) in [5.41, 5.74) is 1.14. The number of benzene rings is 1. The van der Waals surface area contributed by atoms with Gasteiger partial charge >= 0.3 is 5.97 Å². The lowest BCUT2D eigenvalue weighted by Gasteiger charge is -2.29. The van der Waals surface area contributed by atoms with Crippen LogP contribution in [0.1, 0.15) is 55.5 Å². The summed E-state index contributed by atoms with van der Waals surface area (Å²) in [5.74, 6) is 0.336. The number of methoxy groups -OCH3 is 1. The molecule has 1 N–H and O–H groups in total. The van der Waals surface area contributed by atoms with Crippen LogP contribution in [0.5, 0.6) is 5.75 Å². The Kier molecular flexibility index (Phi) is 7.91. The molecule has 2 rings (SSSR count). The largest absolute Gasteiger partial charge is 0.496 e. The maximum absolute atomic E-state index is 12.2. The molecule has 1 fully saturated rings. The SMILES string of the molecule is CCOCc1cc(C(=O)OCC(=O)N[C@H]2CCCC[C@@H]2C)ccc1OC. The van der Waals surface area contributed by atoms with Crippen molar-refractivity contribution in [2.45, 2.75) is 52.2 Å². The van der Waals surface area contributed by atoms with Gasteiger partial charge < -0.3 is 19.5 Å². The van der Waals surface area contributed by atoms with Gasteiger partial charge in [-0.05, 0) is 43.9 Å². The zero-order valence-corrected chi connectivity index (χ0v) is 15.9. The second kappa shape index (κ2) is 10.2. The number of amides is 1. The molecule has 144 valence electrons. The van der Waals surface area contributed by atoms with E-state index in [2.05, 4.69) is 12.2 Å². The highest BCUT2D eigenvalue weighted by atomic mass is 16.5. The summed E-state index contributed by atoms with van der Waals surface area (Å²) in [5, 5.41) is 2.98. The zero-order chi connectivity index (χ0) is 18.9. The lowest BCUT2D eigenvalue weighted by molar-refractivity contribution is -0.125. The van der Waals surface area contributed by atoms with Gasteiger partial charge in [0.25, 0.3) is 5.91 Å². The Morgan fingerprint density at radius 1 is 1.23 bits per heavy atom. The van der Waals surface area contributed by atoms with Crippen LogP contribution < -0.4 is 10.1 Å². The van der Waals surface area contributed by atoms with Crippen LogP contribution in [0, 0.1) is 5.92 Å². The molecule has 1 amide bonds. The molecule has 1 aliphatic rings. The average Bonchev–Trinajstić information content (AvgIpc) is 2.66. The highest BCUT2D eigenvalue weighted by molar-refractivity contribution is 5.91. The van der Waals surface area contributed by atoms with E-state index in [1.165, 1.54) is 6.42 Å². The molecule has 0 radical (unpaired) electrons. The number of rotatable bonds is 8. The van der Waals surface area contributed by atoms with Crippen molar-refractivity contribution >= 4 is 11.9 Å². The van der Waals surface area contributed by atoms with E-state index in [4.69, 9.17) is 14.2 Å². The Labute approximate surface area is 155 Å². The zero-order valence-electron chi connectivity index (χ0n) is 15.9. The van der Waals surface area contributed by atoms with Crippen molar-refractivity contribution in [3.8, 4) is 5.75 Å². The molecule has 0 heterocycles. The van der Waals surface area contributed by atoms with Crippen LogP contribution in [0.4, 0.5) is 0 Å². The Balaban J connectivity index is 1.89. The summed E-state index contributed by atoms with van der Waals surface area (Å²) in [6.45, 7) is 4.69. The molecule has 0 saturated heterocycles. The molecule has 0 aliphatic heterocycles. The van der Waals surface area contributed by atoms with Crippen molar-refractivity contribution in [2.24, 2.45) is 5.92 Å². The minimum Gasteiger partial charge on any atom is -0.496 e. The van der Waals surface area contributed by atoms with E-state index < -0.39 is 5.97 Å². The number of nitrogens with one attached hydrogen (secondary N) is 1. The van der Waals surface area contributed by atoms with Crippen molar-refractivity contribution in [3.05, 3.63) is 29.3 Å². The van der Waals surface area contributed by atoms with Crippen LogP contribution >= 0.6 is 0 Å². The first-order chi connectivity index (χ1) is 12.5. The average molecular weight is 363 g/mol. The minimum absolute atomic E-state index is 0.175. The van der Waals surface area contributed by atoms with Gasteiger partial charge in [0.05, 0.1) is 19.3 Å². The summed E-state index contributed by atoms with van der Waals surface area (Å²) in [7, 11) is 1.57. The van der Waals surface area contributed by atoms with Gasteiger partial charge in [0.2, 0.25) is 0 Å². The van der Waals surface area contributed by atoms with E-state index in [1.807, 2.05) is 6.92 Å². The molecule has 0 spiro atoms. The van der Waals surface area contributed by atoms with Gasteiger partial charge in [0.1, 0.15) is 5.75 Å². The quantitative estimate of drug-likeness (QED) is 0.719. The maximum Gasteiger partial charge on any atom is 0.338 e. The van der Waals surface area contributed by atoms with E-state index >= 15 is 0 Å². The van der Waals surface area contributed by atoms with Crippen molar-refractivity contribution in [1.29, 1.82) is 0 Å². The van der Waals surface area contributed by atoms with Gasteiger partial charge in [-0.25, -0.2) is 4.79 Å². The fourth-order valence-corrected chi connectivity index (χ4v) is 3.22. The van der Waals surface area contributed by atoms with Gasteiger partial charge in [-0.1, -0.05) is 19.8 Å². The van der Waals surface area contributed by atoms with E-state index in [9.17, 15) is 9.59 Å². The molecule has 0 aromatic heterocycles. The number of hydrogen-bond donors (Lipinski definition) is 1. The number of carbonyl (C=O) groups excluding carboxylic acids is 2. The van der Waals surface area contributed by atoms with E-state index in [-0.39, 0.29) is 18.6 Å². The van der Waals surface area contributed by atoms with Gasteiger partial charge in [-0.2, -0.15) is 0 Å². The summed E-state index contributed by atoms with van der Waals surface area (Å²) in [6.07, 6.45) is 4.45. The fourth-order valence-electron chi connectivity index (χ4n) is 3.22. The molecule has 2 atom stereocenters. The first-order valence-electron chi connectivity index (χ1n) is 9.26. The molecule has 6 nitrogen and oxygen atoms in total. The Morgan fingerprint density at radius 2 is 2.00 bits per heavy atom. The number of esters is 1. The van der Waals surface area contributed by atoms with Crippen LogP contribution in [0.2, 0.25) is 0 Å². The van der Waals surface area contributed by atoms with Crippen LogP contribution in [0.25, 0.3) is 0 Å². The van der Waals surface area contributed by atoms with Crippen LogP contribution in [0.3, 0.4) is 0 Å². The first-order valence-corrected chi connectivity index (χ1v) is 9.26. The number of ether oxygens (including phenoxy) is 3. The predicted molar refractivity (Wildman–Crippen MR) is 98.2 cm³/mol. The summed E-state index contributed by atoms with van der Waals surface area (Å²) < 4.78 is 15.8. The number of hydrogen-bond acceptors (Lipinski definition) is 5. The van der Waals surface area contributed by atoms with E-state index in [1.54, 1.807) is 25.3 Å². The summed E-state index contributed by atoms with van der Waals surface area (Å²) in [4.78, 5) is 24.3. The Morgan fingerprint density at radius 3 is 2.69 bits per heavy atom. The number of carbonyl (C=O) groups is 2. The van der Waals surface area contributed by atoms with Gasteiger partial charge in [-0.15, -0.1) is 0 Å². The third-order valence-electron chi connectivity index (χ3n) is 4.77. The van der Waals surface area contributed by atoms with Crippen LogP contribution in [-0.2, 0) is 20.9 Å². The molecular weight excluding hydrogens is 334 g/mol.